The summed E-state index contributed by atoms with van der Waals surface area (Å²) in [6.45, 7) is 0.937. The molecule has 24 heavy (non-hydrogen) atoms. The van der Waals surface area contributed by atoms with Crippen LogP contribution in [0.5, 0.6) is 17.2 Å². The number of halogens is 2. The molecule has 0 aliphatic carbocycles. The summed E-state index contributed by atoms with van der Waals surface area (Å²) in [6.07, 6.45) is 0. The largest absolute Gasteiger partial charge is 0.496 e. The molecule has 0 spiro atoms. The van der Waals surface area contributed by atoms with E-state index in [1.54, 1.807) is 24.3 Å². The molecule has 1 aliphatic heterocycles. The van der Waals surface area contributed by atoms with E-state index >= 15 is 0 Å². The van der Waals surface area contributed by atoms with Crippen LogP contribution in [0.25, 0.3) is 0 Å². The van der Waals surface area contributed by atoms with Crippen LogP contribution in [0.15, 0.2) is 30.3 Å². The number of hydrogen-bond donors (Lipinski definition) is 0. The fourth-order valence-corrected chi connectivity index (χ4v) is 2.77. The second-order valence-corrected chi connectivity index (χ2v) is 5.87. The summed E-state index contributed by atoms with van der Waals surface area (Å²) >= 11 is 12.1. The summed E-state index contributed by atoms with van der Waals surface area (Å²) in [5.74, 6) is 0.902. The molecule has 1 aliphatic rings. The Kier molecular flexibility index (Phi) is 5.02. The minimum absolute atomic E-state index is 0.0326. The first-order valence-corrected chi connectivity index (χ1v) is 7.93. The highest BCUT2D eigenvalue weighted by Crippen LogP contribution is 2.38. The van der Waals surface area contributed by atoms with Crippen molar-refractivity contribution in [2.45, 2.75) is 6.61 Å². The molecule has 3 rings (SSSR count). The van der Waals surface area contributed by atoms with Crippen LogP contribution in [-0.2, 0) is 11.3 Å². The summed E-state index contributed by atoms with van der Waals surface area (Å²) in [7, 11) is 1.47. The Morgan fingerprint density at radius 1 is 1.17 bits per heavy atom. The number of esters is 1. The Morgan fingerprint density at radius 3 is 2.75 bits per heavy atom. The lowest BCUT2D eigenvalue weighted by atomic mass is 10.2. The lowest BCUT2D eigenvalue weighted by Crippen LogP contribution is -2.16. The maximum atomic E-state index is 12.3. The molecule has 0 bridgehead atoms. The van der Waals surface area contributed by atoms with Gasteiger partial charge in [-0.1, -0.05) is 23.2 Å². The number of methoxy groups -OCH3 is 1. The highest BCUT2D eigenvalue weighted by Gasteiger charge is 2.18. The molecule has 1 heterocycles. The molecule has 0 amide bonds. The maximum Gasteiger partial charge on any atom is 0.342 e. The maximum absolute atomic E-state index is 12.3. The normalized spacial score (nSPS) is 12.6. The van der Waals surface area contributed by atoms with Crippen molar-refractivity contribution in [3.8, 4) is 17.2 Å². The third-order valence-electron chi connectivity index (χ3n) is 3.41. The van der Waals surface area contributed by atoms with Crippen LogP contribution in [0.4, 0.5) is 0 Å². The summed E-state index contributed by atoms with van der Waals surface area (Å²) in [5, 5.41) is 0.837. The molecule has 0 aromatic heterocycles. The van der Waals surface area contributed by atoms with Crippen LogP contribution in [-0.4, -0.2) is 26.3 Å². The van der Waals surface area contributed by atoms with Gasteiger partial charge in [-0.3, -0.25) is 0 Å². The number of carbonyl (C=O) groups excluding carboxylic acids is 1. The van der Waals surface area contributed by atoms with Gasteiger partial charge in [0.25, 0.3) is 0 Å². The van der Waals surface area contributed by atoms with E-state index in [1.165, 1.54) is 13.2 Å². The van der Waals surface area contributed by atoms with Crippen molar-refractivity contribution in [3.63, 3.8) is 0 Å². The van der Waals surface area contributed by atoms with Gasteiger partial charge < -0.3 is 18.9 Å². The van der Waals surface area contributed by atoms with E-state index < -0.39 is 5.97 Å². The van der Waals surface area contributed by atoms with Crippen LogP contribution < -0.4 is 14.2 Å². The molecule has 0 saturated carbocycles. The molecule has 0 unspecified atom stereocenters. The average molecular weight is 369 g/mol. The van der Waals surface area contributed by atoms with E-state index in [1.807, 2.05) is 0 Å². The average Bonchev–Trinajstić information content (AvgIpc) is 2.59. The molecule has 0 N–H and O–H groups in total. The lowest BCUT2D eigenvalue weighted by Gasteiger charge is -2.20. The van der Waals surface area contributed by atoms with Crippen LogP contribution in [0, 0.1) is 0 Å². The summed E-state index contributed by atoms with van der Waals surface area (Å²) in [5.41, 5.74) is 0.951. The third-order valence-corrected chi connectivity index (χ3v) is 3.92. The SMILES string of the molecule is COc1ccc(Cl)cc1C(=O)OCc1cc(Cl)c2c(c1)OCCO2. The van der Waals surface area contributed by atoms with Gasteiger partial charge >= 0.3 is 5.97 Å². The number of fused-ring (bicyclic) bond motifs is 1. The van der Waals surface area contributed by atoms with Crippen molar-refractivity contribution in [1.82, 2.24) is 0 Å². The first-order chi connectivity index (χ1) is 11.6. The van der Waals surface area contributed by atoms with E-state index in [2.05, 4.69) is 0 Å². The fraction of sp³-hybridized carbons (Fsp3) is 0.235. The van der Waals surface area contributed by atoms with Crippen molar-refractivity contribution < 1.29 is 23.7 Å². The smallest absolute Gasteiger partial charge is 0.342 e. The number of hydrogen-bond acceptors (Lipinski definition) is 5. The zero-order valence-corrected chi connectivity index (χ0v) is 14.3. The summed E-state index contributed by atoms with van der Waals surface area (Å²) in [4.78, 5) is 12.3. The van der Waals surface area contributed by atoms with Crippen LogP contribution in [0.2, 0.25) is 10.0 Å². The number of benzene rings is 2. The molecule has 5 nitrogen and oxygen atoms in total. The minimum atomic E-state index is -0.541. The molecule has 7 heteroatoms. The van der Waals surface area contributed by atoms with E-state index in [9.17, 15) is 4.79 Å². The molecule has 2 aromatic rings. The van der Waals surface area contributed by atoms with Crippen molar-refractivity contribution >= 4 is 29.2 Å². The van der Waals surface area contributed by atoms with Gasteiger partial charge in [0.2, 0.25) is 0 Å². The first-order valence-electron chi connectivity index (χ1n) is 7.17. The zero-order chi connectivity index (χ0) is 17.1. The highest BCUT2D eigenvalue weighted by molar-refractivity contribution is 6.32. The zero-order valence-electron chi connectivity index (χ0n) is 12.8. The van der Waals surface area contributed by atoms with Gasteiger partial charge in [0.1, 0.15) is 31.1 Å². The monoisotopic (exact) mass is 368 g/mol. The van der Waals surface area contributed by atoms with Gasteiger partial charge in [0.15, 0.2) is 11.5 Å². The van der Waals surface area contributed by atoms with Crippen LogP contribution in [0.3, 0.4) is 0 Å². The predicted molar refractivity (Wildman–Crippen MR) is 89.6 cm³/mol. The first kappa shape index (κ1) is 16.7. The molecule has 126 valence electrons. The summed E-state index contributed by atoms with van der Waals surface area (Å²) in [6, 6.07) is 8.16. The number of ether oxygens (including phenoxy) is 4. The molecule has 0 atom stereocenters. The van der Waals surface area contributed by atoms with Crippen LogP contribution >= 0.6 is 23.2 Å². The quantitative estimate of drug-likeness (QED) is 0.759. The van der Waals surface area contributed by atoms with E-state index in [4.69, 9.17) is 42.1 Å². The summed E-state index contributed by atoms with van der Waals surface area (Å²) < 4.78 is 21.4. The van der Waals surface area contributed by atoms with E-state index in [-0.39, 0.29) is 12.2 Å². The topological polar surface area (TPSA) is 54.0 Å². The van der Waals surface area contributed by atoms with Gasteiger partial charge in [-0.15, -0.1) is 0 Å². The Labute approximate surface area is 149 Å². The second kappa shape index (κ2) is 7.20. The molecular formula is C17H14Cl2O5. The Morgan fingerprint density at radius 2 is 1.96 bits per heavy atom. The van der Waals surface area contributed by atoms with Gasteiger partial charge in [-0.05, 0) is 35.9 Å². The minimum Gasteiger partial charge on any atom is -0.496 e. The highest BCUT2D eigenvalue weighted by atomic mass is 35.5. The fourth-order valence-electron chi connectivity index (χ4n) is 2.31. The Hall–Kier alpha value is -2.11. The van der Waals surface area contributed by atoms with Crippen molar-refractivity contribution in [2.24, 2.45) is 0 Å². The van der Waals surface area contributed by atoms with Crippen molar-refractivity contribution in [2.75, 3.05) is 20.3 Å². The van der Waals surface area contributed by atoms with Gasteiger partial charge in [0.05, 0.1) is 12.1 Å². The van der Waals surface area contributed by atoms with Gasteiger partial charge in [-0.2, -0.15) is 0 Å². The van der Waals surface area contributed by atoms with E-state index in [0.717, 1.165) is 0 Å². The van der Waals surface area contributed by atoms with Gasteiger partial charge in [-0.25, -0.2) is 4.79 Å². The van der Waals surface area contributed by atoms with Crippen molar-refractivity contribution in [1.29, 1.82) is 0 Å². The molecule has 2 aromatic carbocycles. The number of rotatable bonds is 4. The third kappa shape index (κ3) is 3.52. The Balaban J connectivity index is 1.75. The molecule has 0 saturated heterocycles. The molecule has 0 radical (unpaired) electrons. The van der Waals surface area contributed by atoms with E-state index in [0.29, 0.717) is 46.1 Å². The van der Waals surface area contributed by atoms with Crippen molar-refractivity contribution in [3.05, 3.63) is 51.5 Å². The van der Waals surface area contributed by atoms with Gasteiger partial charge in [0, 0.05) is 5.02 Å². The molecular weight excluding hydrogens is 355 g/mol. The number of carbonyl (C=O) groups is 1. The molecule has 0 fully saturated rings. The van der Waals surface area contributed by atoms with Crippen LogP contribution in [0.1, 0.15) is 15.9 Å². The predicted octanol–water partition coefficient (Wildman–Crippen LogP) is 4.13. The second-order valence-electron chi connectivity index (χ2n) is 5.02. The Bertz CT molecular complexity index is 776. The lowest BCUT2D eigenvalue weighted by molar-refractivity contribution is 0.0468. The standard InChI is InChI=1S/C17H14Cl2O5/c1-21-14-3-2-11(18)8-12(14)17(20)24-9-10-6-13(19)16-15(7-10)22-4-5-23-16/h2-3,6-8H,4-5,9H2,1H3.